The van der Waals surface area contributed by atoms with Crippen LogP contribution in [-0.2, 0) is 0 Å². The molecule has 18 heavy (non-hydrogen) atoms. The highest BCUT2D eigenvalue weighted by molar-refractivity contribution is 6.30. The van der Waals surface area contributed by atoms with Gasteiger partial charge in [0.2, 0.25) is 0 Å². The number of hydrogen-bond acceptors (Lipinski definition) is 3. The summed E-state index contributed by atoms with van der Waals surface area (Å²) in [6, 6.07) is 5.92. The average Bonchev–Trinajstić information content (AvgIpc) is 2.79. The van der Waals surface area contributed by atoms with Gasteiger partial charge in [0.05, 0.1) is 5.02 Å². The Morgan fingerprint density at radius 2 is 2.22 bits per heavy atom. The van der Waals surface area contributed by atoms with E-state index in [9.17, 15) is 4.39 Å². The number of nitrogens with one attached hydrogen (secondary N) is 3. The van der Waals surface area contributed by atoms with E-state index in [1.165, 1.54) is 6.07 Å². The summed E-state index contributed by atoms with van der Waals surface area (Å²) in [4.78, 5) is 0. The molecule has 0 amide bonds. The van der Waals surface area contributed by atoms with Crippen molar-refractivity contribution in [3.8, 4) is 0 Å². The van der Waals surface area contributed by atoms with Gasteiger partial charge in [-0.05, 0) is 24.1 Å². The van der Waals surface area contributed by atoms with E-state index >= 15 is 0 Å². The topological polar surface area (TPSA) is 36.1 Å². The highest BCUT2D eigenvalue weighted by Gasteiger charge is 2.25. The first-order chi connectivity index (χ1) is 8.56. The molecule has 1 aliphatic rings. The van der Waals surface area contributed by atoms with E-state index in [0.29, 0.717) is 12.1 Å². The molecule has 2 atom stereocenters. The molecule has 100 valence electrons. The number of rotatable bonds is 4. The second kappa shape index (κ2) is 5.97. The number of benzene rings is 1. The predicted octanol–water partition coefficient (Wildman–Crippen LogP) is 2.38. The maximum atomic E-state index is 13.1. The molecule has 0 aromatic heterocycles. The minimum Gasteiger partial charge on any atom is -0.313 e. The Morgan fingerprint density at radius 1 is 1.44 bits per heavy atom. The quantitative estimate of drug-likeness (QED) is 0.787. The third-order valence-corrected chi connectivity index (χ3v) is 3.39. The first-order valence-electron chi connectivity index (χ1n) is 6.25. The Balaban J connectivity index is 1.93. The van der Waals surface area contributed by atoms with Crippen LogP contribution in [0.2, 0.25) is 5.02 Å². The Morgan fingerprint density at radius 3 is 2.89 bits per heavy atom. The molecule has 2 rings (SSSR count). The minimum atomic E-state index is -0.371. The summed E-state index contributed by atoms with van der Waals surface area (Å²) in [7, 11) is 0. The van der Waals surface area contributed by atoms with Crippen LogP contribution in [-0.4, -0.2) is 18.6 Å². The lowest BCUT2D eigenvalue weighted by Crippen LogP contribution is -2.40. The van der Waals surface area contributed by atoms with Gasteiger partial charge in [0.1, 0.15) is 5.82 Å². The maximum Gasteiger partial charge on any atom is 0.141 e. The van der Waals surface area contributed by atoms with Gasteiger partial charge in [-0.3, -0.25) is 5.43 Å². The molecule has 0 bridgehead atoms. The molecular weight excluding hydrogens is 253 g/mol. The van der Waals surface area contributed by atoms with Gasteiger partial charge in [0.25, 0.3) is 0 Å². The summed E-state index contributed by atoms with van der Waals surface area (Å²) in [5.41, 5.74) is 7.48. The van der Waals surface area contributed by atoms with E-state index in [0.717, 1.165) is 18.5 Å². The van der Waals surface area contributed by atoms with Gasteiger partial charge in [0, 0.05) is 24.7 Å². The summed E-state index contributed by atoms with van der Waals surface area (Å²) in [6.45, 7) is 5.16. The SMILES string of the molecule is CC(C)NCC1CC(c2ccc(F)c(Cl)c2)NN1. The molecule has 1 saturated heterocycles. The Hall–Kier alpha value is -0.680. The van der Waals surface area contributed by atoms with E-state index in [1.54, 1.807) is 12.1 Å². The zero-order chi connectivity index (χ0) is 13.1. The zero-order valence-electron chi connectivity index (χ0n) is 10.6. The van der Waals surface area contributed by atoms with E-state index < -0.39 is 0 Å². The molecule has 1 aromatic rings. The lowest BCUT2D eigenvalue weighted by Gasteiger charge is -2.13. The molecule has 3 nitrogen and oxygen atoms in total. The van der Waals surface area contributed by atoms with Crippen molar-refractivity contribution in [2.24, 2.45) is 0 Å². The van der Waals surface area contributed by atoms with Crippen LogP contribution in [0.25, 0.3) is 0 Å². The Kier molecular flexibility index (Phi) is 4.56. The van der Waals surface area contributed by atoms with Crippen molar-refractivity contribution in [1.82, 2.24) is 16.2 Å². The summed E-state index contributed by atoms with van der Waals surface area (Å²) < 4.78 is 13.1. The van der Waals surface area contributed by atoms with Crippen molar-refractivity contribution >= 4 is 11.6 Å². The second-order valence-electron chi connectivity index (χ2n) is 5.01. The fourth-order valence-corrected chi connectivity index (χ4v) is 2.27. The zero-order valence-corrected chi connectivity index (χ0v) is 11.4. The normalized spacial score (nSPS) is 23.8. The first kappa shape index (κ1) is 13.7. The fourth-order valence-electron chi connectivity index (χ4n) is 2.08. The van der Waals surface area contributed by atoms with E-state index in [-0.39, 0.29) is 16.9 Å². The average molecular weight is 272 g/mol. The van der Waals surface area contributed by atoms with Crippen molar-refractivity contribution in [1.29, 1.82) is 0 Å². The van der Waals surface area contributed by atoms with Gasteiger partial charge < -0.3 is 5.32 Å². The van der Waals surface area contributed by atoms with Crippen LogP contribution in [0.1, 0.15) is 31.9 Å². The largest absolute Gasteiger partial charge is 0.313 e. The molecule has 0 radical (unpaired) electrons. The van der Waals surface area contributed by atoms with Crippen LogP contribution >= 0.6 is 11.6 Å². The standard InChI is InChI=1S/C13H19ClFN3/c1-8(2)16-7-10-6-13(18-17-10)9-3-4-12(15)11(14)5-9/h3-5,8,10,13,16-18H,6-7H2,1-2H3. The predicted molar refractivity (Wildman–Crippen MR) is 72.0 cm³/mol. The molecule has 1 aromatic carbocycles. The molecule has 0 saturated carbocycles. The fraction of sp³-hybridized carbons (Fsp3) is 0.538. The van der Waals surface area contributed by atoms with Gasteiger partial charge >= 0.3 is 0 Å². The highest BCUT2D eigenvalue weighted by atomic mass is 35.5. The van der Waals surface area contributed by atoms with E-state index in [4.69, 9.17) is 11.6 Å². The molecular formula is C13H19ClFN3. The third-order valence-electron chi connectivity index (χ3n) is 3.10. The number of hydrazine groups is 1. The second-order valence-corrected chi connectivity index (χ2v) is 5.42. The third kappa shape index (κ3) is 3.42. The van der Waals surface area contributed by atoms with Crippen LogP contribution in [0.15, 0.2) is 18.2 Å². The molecule has 0 aliphatic carbocycles. The summed E-state index contributed by atoms with van der Waals surface area (Å²) in [5, 5.41) is 3.57. The minimum absolute atomic E-state index is 0.179. The van der Waals surface area contributed by atoms with Gasteiger partial charge in [-0.15, -0.1) is 0 Å². The molecule has 1 aliphatic heterocycles. The van der Waals surface area contributed by atoms with Crippen molar-refractivity contribution < 1.29 is 4.39 Å². The molecule has 1 heterocycles. The highest BCUT2D eigenvalue weighted by Crippen LogP contribution is 2.25. The van der Waals surface area contributed by atoms with Gasteiger partial charge in [-0.2, -0.15) is 0 Å². The molecule has 5 heteroatoms. The lowest BCUT2D eigenvalue weighted by molar-refractivity contribution is 0.478. The lowest BCUT2D eigenvalue weighted by atomic mass is 10.0. The Labute approximate surface area is 112 Å². The summed E-state index contributed by atoms with van der Waals surface area (Å²) in [5.74, 6) is -0.371. The van der Waals surface area contributed by atoms with E-state index in [2.05, 4.69) is 30.0 Å². The van der Waals surface area contributed by atoms with Crippen LogP contribution in [0.3, 0.4) is 0 Å². The van der Waals surface area contributed by atoms with Crippen molar-refractivity contribution in [3.05, 3.63) is 34.6 Å². The van der Waals surface area contributed by atoms with Crippen LogP contribution < -0.4 is 16.2 Å². The van der Waals surface area contributed by atoms with Crippen LogP contribution in [0, 0.1) is 5.82 Å². The van der Waals surface area contributed by atoms with E-state index in [1.807, 2.05) is 0 Å². The summed E-state index contributed by atoms with van der Waals surface area (Å²) in [6.07, 6.45) is 0.960. The van der Waals surface area contributed by atoms with Crippen LogP contribution in [0.5, 0.6) is 0 Å². The van der Waals surface area contributed by atoms with Gasteiger partial charge in [-0.25, -0.2) is 9.82 Å². The van der Waals surface area contributed by atoms with Gasteiger partial charge in [0.15, 0.2) is 0 Å². The van der Waals surface area contributed by atoms with Crippen molar-refractivity contribution in [2.75, 3.05) is 6.54 Å². The van der Waals surface area contributed by atoms with Crippen LogP contribution in [0.4, 0.5) is 4.39 Å². The number of halogens is 2. The summed E-state index contributed by atoms with van der Waals surface area (Å²) >= 11 is 5.80. The maximum absolute atomic E-state index is 13.1. The van der Waals surface area contributed by atoms with Crippen molar-refractivity contribution in [3.63, 3.8) is 0 Å². The molecule has 2 unspecified atom stereocenters. The smallest absolute Gasteiger partial charge is 0.141 e. The van der Waals surface area contributed by atoms with Crippen molar-refractivity contribution in [2.45, 2.75) is 38.4 Å². The molecule has 1 fully saturated rings. The molecule has 0 spiro atoms. The monoisotopic (exact) mass is 271 g/mol. The number of hydrogen-bond donors (Lipinski definition) is 3. The first-order valence-corrected chi connectivity index (χ1v) is 6.63. The Bertz CT molecular complexity index is 411. The van der Waals surface area contributed by atoms with Gasteiger partial charge in [-0.1, -0.05) is 31.5 Å². The molecule has 3 N–H and O–H groups in total.